The van der Waals surface area contributed by atoms with Crippen LogP contribution in [0.25, 0.3) is 0 Å². The molecule has 0 bridgehead atoms. The van der Waals surface area contributed by atoms with Crippen molar-refractivity contribution in [1.29, 1.82) is 0 Å². The minimum Gasteiger partial charge on any atom is -0.398 e. The third-order valence-electron chi connectivity index (χ3n) is 3.73. The van der Waals surface area contributed by atoms with E-state index in [-0.39, 0.29) is 11.3 Å². The second kappa shape index (κ2) is 7.70. The first-order valence-corrected chi connectivity index (χ1v) is 7.44. The molecule has 5 N–H and O–H groups in total. The van der Waals surface area contributed by atoms with Gasteiger partial charge in [-0.1, -0.05) is 12.1 Å². The number of carbonyl (C=O) groups is 3. The molecule has 0 unspecified atom stereocenters. The molecular formula is C15H21N5O3. The quantitative estimate of drug-likeness (QED) is 0.467. The fraction of sp³-hybridized carbons (Fsp3) is 0.400. The van der Waals surface area contributed by atoms with Gasteiger partial charge in [-0.2, -0.15) is 0 Å². The van der Waals surface area contributed by atoms with Gasteiger partial charge in [0.05, 0.1) is 5.56 Å². The highest BCUT2D eigenvalue weighted by atomic mass is 16.2. The van der Waals surface area contributed by atoms with E-state index in [9.17, 15) is 14.4 Å². The van der Waals surface area contributed by atoms with Crippen LogP contribution in [0.4, 0.5) is 5.69 Å². The molecule has 1 aliphatic heterocycles. The van der Waals surface area contributed by atoms with Crippen LogP contribution in [0.2, 0.25) is 0 Å². The SMILES string of the molecule is NCCN1CCN(C(=O)C(=O)NC(=O)c2ccccc2N)CC1. The molecule has 0 radical (unpaired) electrons. The number of nitrogens with one attached hydrogen (secondary N) is 1. The van der Waals surface area contributed by atoms with E-state index >= 15 is 0 Å². The van der Waals surface area contributed by atoms with Gasteiger partial charge in [-0.3, -0.25) is 24.6 Å². The molecule has 1 heterocycles. The summed E-state index contributed by atoms with van der Waals surface area (Å²) in [5.41, 5.74) is 11.6. The summed E-state index contributed by atoms with van der Waals surface area (Å²) in [4.78, 5) is 39.6. The van der Waals surface area contributed by atoms with Gasteiger partial charge < -0.3 is 16.4 Å². The number of hydrogen-bond donors (Lipinski definition) is 3. The summed E-state index contributed by atoms with van der Waals surface area (Å²) in [6, 6.07) is 6.36. The molecule has 0 atom stereocenters. The van der Waals surface area contributed by atoms with Crippen molar-refractivity contribution in [3.05, 3.63) is 29.8 Å². The maximum atomic E-state index is 12.1. The smallest absolute Gasteiger partial charge is 0.316 e. The lowest BCUT2D eigenvalue weighted by Gasteiger charge is -2.33. The summed E-state index contributed by atoms with van der Waals surface area (Å²) in [5, 5.41) is 2.09. The highest BCUT2D eigenvalue weighted by Gasteiger charge is 2.27. The molecular weight excluding hydrogens is 298 g/mol. The monoisotopic (exact) mass is 319 g/mol. The summed E-state index contributed by atoms with van der Waals surface area (Å²) in [7, 11) is 0. The number of imide groups is 1. The average molecular weight is 319 g/mol. The van der Waals surface area contributed by atoms with Crippen LogP contribution in [0.3, 0.4) is 0 Å². The number of nitrogens with two attached hydrogens (primary N) is 2. The molecule has 124 valence electrons. The molecule has 8 heteroatoms. The number of nitrogens with zero attached hydrogens (tertiary/aromatic N) is 2. The lowest BCUT2D eigenvalue weighted by Crippen LogP contribution is -2.53. The number of para-hydroxylation sites is 1. The maximum Gasteiger partial charge on any atom is 0.316 e. The van der Waals surface area contributed by atoms with E-state index in [4.69, 9.17) is 11.5 Å². The van der Waals surface area contributed by atoms with Gasteiger partial charge in [0.1, 0.15) is 0 Å². The lowest BCUT2D eigenvalue weighted by atomic mass is 10.1. The highest BCUT2D eigenvalue weighted by Crippen LogP contribution is 2.10. The van der Waals surface area contributed by atoms with Crippen molar-refractivity contribution in [3.8, 4) is 0 Å². The number of amides is 3. The molecule has 8 nitrogen and oxygen atoms in total. The van der Waals surface area contributed by atoms with E-state index in [1.54, 1.807) is 18.2 Å². The molecule has 0 aromatic heterocycles. The highest BCUT2D eigenvalue weighted by molar-refractivity contribution is 6.38. The molecule has 0 aliphatic carbocycles. The summed E-state index contributed by atoms with van der Waals surface area (Å²) < 4.78 is 0. The molecule has 1 fully saturated rings. The molecule has 2 rings (SSSR count). The number of piperazine rings is 1. The van der Waals surface area contributed by atoms with E-state index in [2.05, 4.69) is 10.2 Å². The summed E-state index contributed by atoms with van der Waals surface area (Å²) in [6.45, 7) is 3.52. The lowest BCUT2D eigenvalue weighted by molar-refractivity contribution is -0.146. The zero-order chi connectivity index (χ0) is 16.8. The first-order chi connectivity index (χ1) is 11.0. The molecule has 1 aliphatic rings. The predicted molar refractivity (Wildman–Crippen MR) is 85.4 cm³/mol. The molecule has 1 aromatic rings. The molecule has 0 saturated carbocycles. The summed E-state index contributed by atoms with van der Waals surface area (Å²) in [5.74, 6) is -2.33. The van der Waals surface area contributed by atoms with Crippen LogP contribution in [0.5, 0.6) is 0 Å². The van der Waals surface area contributed by atoms with Crippen LogP contribution >= 0.6 is 0 Å². The zero-order valence-corrected chi connectivity index (χ0v) is 12.8. The maximum absolute atomic E-state index is 12.1. The Labute approximate surface area is 134 Å². The van der Waals surface area contributed by atoms with Crippen LogP contribution in [-0.4, -0.2) is 66.8 Å². The first kappa shape index (κ1) is 16.9. The predicted octanol–water partition coefficient (Wildman–Crippen LogP) is -1.37. The van der Waals surface area contributed by atoms with E-state index in [1.807, 2.05) is 0 Å². The van der Waals surface area contributed by atoms with Gasteiger partial charge in [-0.25, -0.2) is 0 Å². The number of carbonyl (C=O) groups excluding carboxylic acids is 3. The van der Waals surface area contributed by atoms with Gasteiger partial charge in [0.15, 0.2) is 0 Å². The Kier molecular flexibility index (Phi) is 5.67. The van der Waals surface area contributed by atoms with Crippen molar-refractivity contribution in [2.24, 2.45) is 5.73 Å². The van der Waals surface area contributed by atoms with Gasteiger partial charge in [-0.05, 0) is 12.1 Å². The minimum atomic E-state index is -0.939. The van der Waals surface area contributed by atoms with Crippen molar-refractivity contribution in [3.63, 3.8) is 0 Å². The van der Waals surface area contributed by atoms with E-state index < -0.39 is 17.7 Å². The fourth-order valence-electron chi connectivity index (χ4n) is 2.43. The Morgan fingerprint density at radius 1 is 1.09 bits per heavy atom. The average Bonchev–Trinajstić information content (AvgIpc) is 2.55. The van der Waals surface area contributed by atoms with Crippen molar-refractivity contribution in [2.45, 2.75) is 0 Å². The van der Waals surface area contributed by atoms with Crippen molar-refractivity contribution in [1.82, 2.24) is 15.1 Å². The van der Waals surface area contributed by atoms with Gasteiger partial charge in [0.2, 0.25) is 0 Å². The summed E-state index contributed by atoms with van der Waals surface area (Å²) in [6.07, 6.45) is 0. The molecule has 23 heavy (non-hydrogen) atoms. The van der Waals surface area contributed by atoms with Crippen LogP contribution in [0, 0.1) is 0 Å². The molecule has 1 aromatic carbocycles. The van der Waals surface area contributed by atoms with Gasteiger partial charge in [0, 0.05) is 45.0 Å². The van der Waals surface area contributed by atoms with E-state index in [0.29, 0.717) is 32.7 Å². The van der Waals surface area contributed by atoms with Crippen molar-refractivity contribution < 1.29 is 14.4 Å². The second-order valence-corrected chi connectivity index (χ2v) is 5.29. The van der Waals surface area contributed by atoms with Crippen LogP contribution in [0.1, 0.15) is 10.4 Å². The van der Waals surface area contributed by atoms with Gasteiger partial charge in [0.25, 0.3) is 5.91 Å². The summed E-state index contributed by atoms with van der Waals surface area (Å²) >= 11 is 0. The third-order valence-corrected chi connectivity index (χ3v) is 3.73. The molecule has 0 spiro atoms. The molecule has 1 saturated heterocycles. The van der Waals surface area contributed by atoms with Crippen LogP contribution in [-0.2, 0) is 9.59 Å². The van der Waals surface area contributed by atoms with E-state index in [0.717, 1.165) is 6.54 Å². The van der Waals surface area contributed by atoms with Gasteiger partial charge >= 0.3 is 11.8 Å². The fourth-order valence-corrected chi connectivity index (χ4v) is 2.43. The Balaban J connectivity index is 1.90. The zero-order valence-electron chi connectivity index (χ0n) is 12.8. The first-order valence-electron chi connectivity index (χ1n) is 7.44. The Hall–Kier alpha value is -2.45. The van der Waals surface area contributed by atoms with Crippen molar-refractivity contribution in [2.75, 3.05) is 45.0 Å². The van der Waals surface area contributed by atoms with Crippen LogP contribution in [0.15, 0.2) is 24.3 Å². The van der Waals surface area contributed by atoms with E-state index in [1.165, 1.54) is 11.0 Å². The topological polar surface area (TPSA) is 122 Å². The number of hydrogen-bond acceptors (Lipinski definition) is 6. The van der Waals surface area contributed by atoms with Gasteiger partial charge in [-0.15, -0.1) is 0 Å². The normalized spacial score (nSPS) is 15.3. The van der Waals surface area contributed by atoms with Crippen LogP contribution < -0.4 is 16.8 Å². The number of anilines is 1. The Morgan fingerprint density at radius 2 is 1.74 bits per heavy atom. The molecule has 3 amide bonds. The third kappa shape index (κ3) is 4.27. The standard InChI is InChI=1S/C15H21N5O3/c16-5-6-19-7-9-20(10-8-19)15(23)14(22)18-13(21)11-3-1-2-4-12(11)17/h1-4H,5-10,16-17H2,(H,18,21,22). The minimum absolute atomic E-state index is 0.168. The van der Waals surface area contributed by atoms with Crippen molar-refractivity contribution >= 4 is 23.4 Å². The Morgan fingerprint density at radius 3 is 2.35 bits per heavy atom. The number of benzene rings is 1. The Bertz CT molecular complexity index is 597. The second-order valence-electron chi connectivity index (χ2n) is 5.29. The number of nitrogen functional groups attached to an aromatic ring is 1. The largest absolute Gasteiger partial charge is 0.398 e. The number of rotatable bonds is 3.